The van der Waals surface area contributed by atoms with Crippen molar-refractivity contribution in [3.63, 3.8) is 0 Å². The van der Waals surface area contributed by atoms with Crippen LogP contribution in [0.5, 0.6) is 0 Å². The first-order valence-corrected chi connectivity index (χ1v) is 3.75. The normalized spacial score (nSPS) is 14.9. The minimum Gasteiger partial charge on any atom is -0.309 e. The molecule has 0 aromatic heterocycles. The summed E-state index contributed by atoms with van der Waals surface area (Å²) in [6.07, 6.45) is 0.519. The lowest BCUT2D eigenvalue weighted by Crippen LogP contribution is -2.11. The molecule has 0 rings (SSSR count). The summed E-state index contributed by atoms with van der Waals surface area (Å²) in [5.41, 5.74) is 5.00. The molecule has 0 fully saturated rings. The van der Waals surface area contributed by atoms with Crippen molar-refractivity contribution in [1.29, 1.82) is 0 Å². The molecule has 0 amide bonds. The van der Waals surface area contributed by atoms with Gasteiger partial charge in [-0.25, -0.2) is 0 Å². The van der Waals surface area contributed by atoms with Crippen molar-refractivity contribution >= 4 is 7.95 Å². The lowest BCUT2D eigenvalue weighted by molar-refractivity contribution is 0.468. The van der Waals surface area contributed by atoms with Gasteiger partial charge in [0.2, 0.25) is 0 Å². The van der Waals surface area contributed by atoms with E-state index in [1.807, 2.05) is 14.1 Å². The molecule has 0 aromatic carbocycles. The smallest absolute Gasteiger partial charge is 0.147 e. The molecule has 0 bridgehead atoms. The van der Waals surface area contributed by atoms with Crippen LogP contribution < -0.4 is 5.50 Å². The third-order valence-corrected chi connectivity index (χ3v) is 1.42. The van der Waals surface area contributed by atoms with Gasteiger partial charge in [-0.3, -0.25) is 5.50 Å². The van der Waals surface area contributed by atoms with Crippen LogP contribution in [0, 0.1) is 0 Å². The Balaban J connectivity index is 3.13. The maximum Gasteiger partial charge on any atom is 0.147 e. The van der Waals surface area contributed by atoms with Gasteiger partial charge in [-0.1, -0.05) is 0 Å². The average Bonchev–Trinajstić information content (AvgIpc) is 1.27. The van der Waals surface area contributed by atoms with Crippen molar-refractivity contribution in [2.75, 3.05) is 20.4 Å². The number of rotatable bonds is 2. The van der Waals surface area contributed by atoms with Gasteiger partial charge in [-0.05, 0) is 14.1 Å². The first kappa shape index (κ1) is 7.15. The molecule has 2 N–H and O–H groups in total. The first-order valence-electron chi connectivity index (χ1n) is 2.06. The van der Waals surface area contributed by atoms with Crippen LogP contribution in [0.4, 0.5) is 0 Å². The van der Waals surface area contributed by atoms with Gasteiger partial charge < -0.3 is 9.46 Å². The molecule has 0 saturated carbocycles. The van der Waals surface area contributed by atoms with Crippen molar-refractivity contribution < 1.29 is 4.57 Å². The Morgan fingerprint density at radius 2 is 2.14 bits per heavy atom. The summed E-state index contributed by atoms with van der Waals surface area (Å²) in [7, 11) is 1.93. The van der Waals surface area contributed by atoms with Crippen LogP contribution in [-0.4, -0.2) is 25.3 Å². The zero-order chi connectivity index (χ0) is 5.86. The molecule has 0 aliphatic heterocycles. The van der Waals surface area contributed by atoms with Gasteiger partial charge in [0.15, 0.2) is 0 Å². The highest BCUT2D eigenvalue weighted by Crippen LogP contribution is 2.05. The second-order valence-corrected chi connectivity index (χ2v) is 2.95. The Labute approximate surface area is 44.3 Å². The highest BCUT2D eigenvalue weighted by atomic mass is 31.1. The largest absolute Gasteiger partial charge is 0.309 e. The van der Waals surface area contributed by atoms with E-state index in [0.29, 0.717) is 6.29 Å². The van der Waals surface area contributed by atoms with Crippen molar-refractivity contribution in [3.05, 3.63) is 0 Å². The lowest BCUT2D eigenvalue weighted by Gasteiger charge is -2.03. The summed E-state index contributed by atoms with van der Waals surface area (Å²) in [6, 6.07) is 0. The van der Waals surface area contributed by atoms with Crippen LogP contribution in [0.25, 0.3) is 0 Å². The fourth-order valence-electron chi connectivity index (χ4n) is 0.312. The molecule has 0 radical (unpaired) electrons. The quantitative estimate of drug-likeness (QED) is 0.522. The first-order chi connectivity index (χ1) is 3.13. The van der Waals surface area contributed by atoms with Crippen LogP contribution in [0.3, 0.4) is 0 Å². The number of hydrogen-bond acceptors (Lipinski definition) is 2. The topological polar surface area (TPSA) is 46.3 Å². The standard InChI is InChI=1S/C3H11N2OP/c1-5(2)3-7(4)6/h7H,3H2,1-2H3,(H2,4,6). The minimum atomic E-state index is -1.76. The van der Waals surface area contributed by atoms with Crippen LogP contribution in [-0.2, 0) is 4.57 Å². The van der Waals surface area contributed by atoms with E-state index < -0.39 is 7.95 Å². The Hall–Kier alpha value is 0.150. The average molecular weight is 122 g/mol. The summed E-state index contributed by atoms with van der Waals surface area (Å²) in [6.45, 7) is 0. The van der Waals surface area contributed by atoms with Gasteiger partial charge in [0.25, 0.3) is 0 Å². The van der Waals surface area contributed by atoms with Gasteiger partial charge >= 0.3 is 0 Å². The summed E-state index contributed by atoms with van der Waals surface area (Å²) in [5.74, 6) is 0. The van der Waals surface area contributed by atoms with Crippen molar-refractivity contribution in [1.82, 2.24) is 4.90 Å². The van der Waals surface area contributed by atoms with E-state index in [4.69, 9.17) is 5.50 Å². The molecule has 0 heterocycles. The predicted octanol–water partition coefficient (Wildman–Crippen LogP) is -0.0611. The molecule has 0 aromatic rings. The molecule has 0 saturated heterocycles. The summed E-state index contributed by atoms with van der Waals surface area (Å²) < 4.78 is 10.2. The fraction of sp³-hybridized carbons (Fsp3) is 1.00. The molecule has 44 valence electrons. The second-order valence-electron chi connectivity index (χ2n) is 1.70. The van der Waals surface area contributed by atoms with Crippen molar-refractivity contribution in [2.24, 2.45) is 5.50 Å². The van der Waals surface area contributed by atoms with Crippen LogP contribution >= 0.6 is 7.95 Å². The van der Waals surface area contributed by atoms with E-state index in [2.05, 4.69) is 0 Å². The van der Waals surface area contributed by atoms with Gasteiger partial charge in [0.05, 0.1) is 6.29 Å². The van der Waals surface area contributed by atoms with Gasteiger partial charge in [0.1, 0.15) is 7.95 Å². The summed E-state index contributed by atoms with van der Waals surface area (Å²) >= 11 is 0. The molecule has 0 aliphatic carbocycles. The van der Waals surface area contributed by atoms with Crippen LogP contribution in [0.15, 0.2) is 0 Å². The van der Waals surface area contributed by atoms with E-state index in [0.717, 1.165) is 0 Å². The van der Waals surface area contributed by atoms with Crippen molar-refractivity contribution in [2.45, 2.75) is 0 Å². The van der Waals surface area contributed by atoms with E-state index in [-0.39, 0.29) is 0 Å². The van der Waals surface area contributed by atoms with E-state index >= 15 is 0 Å². The van der Waals surface area contributed by atoms with Crippen LogP contribution in [0.1, 0.15) is 0 Å². The third-order valence-electron chi connectivity index (χ3n) is 0.472. The Bertz CT molecular complexity index is 73.3. The van der Waals surface area contributed by atoms with Gasteiger partial charge in [0, 0.05) is 0 Å². The highest BCUT2D eigenvalue weighted by Gasteiger charge is 1.89. The molecule has 4 heteroatoms. The van der Waals surface area contributed by atoms with Gasteiger partial charge in [-0.2, -0.15) is 0 Å². The SMILES string of the molecule is CN(C)C[PH](N)=O. The molecular weight excluding hydrogens is 111 g/mol. The minimum absolute atomic E-state index is 0.519. The second kappa shape index (κ2) is 3.19. The molecule has 7 heavy (non-hydrogen) atoms. The van der Waals surface area contributed by atoms with Crippen LogP contribution in [0.2, 0.25) is 0 Å². The fourth-order valence-corrected chi connectivity index (χ4v) is 0.935. The number of hydrogen-bond donors (Lipinski definition) is 1. The summed E-state index contributed by atoms with van der Waals surface area (Å²) in [5, 5.41) is 0. The Kier molecular flexibility index (Phi) is 3.26. The predicted molar refractivity (Wildman–Crippen MR) is 31.7 cm³/mol. The summed E-state index contributed by atoms with van der Waals surface area (Å²) in [4.78, 5) is 1.81. The molecular formula is C3H11N2OP. The Morgan fingerprint density at radius 3 is 2.14 bits per heavy atom. The maximum absolute atomic E-state index is 10.2. The zero-order valence-electron chi connectivity index (χ0n) is 4.64. The monoisotopic (exact) mass is 122 g/mol. The zero-order valence-corrected chi connectivity index (χ0v) is 5.64. The highest BCUT2D eigenvalue weighted by molar-refractivity contribution is 7.41. The molecule has 0 aliphatic rings. The van der Waals surface area contributed by atoms with E-state index in [9.17, 15) is 4.57 Å². The maximum atomic E-state index is 10.2. The van der Waals surface area contributed by atoms with Crippen molar-refractivity contribution in [3.8, 4) is 0 Å². The molecule has 1 atom stereocenters. The van der Waals surface area contributed by atoms with E-state index in [1.165, 1.54) is 0 Å². The third kappa shape index (κ3) is 6.15. The lowest BCUT2D eigenvalue weighted by atomic mass is 11.0. The number of nitrogens with zero attached hydrogens (tertiary/aromatic N) is 1. The van der Waals surface area contributed by atoms with E-state index in [1.54, 1.807) is 4.90 Å². The Morgan fingerprint density at radius 1 is 1.71 bits per heavy atom. The molecule has 0 spiro atoms. The number of nitrogens with two attached hydrogens (primary N) is 1. The van der Waals surface area contributed by atoms with Gasteiger partial charge in [-0.15, -0.1) is 0 Å². The molecule has 3 nitrogen and oxygen atoms in total. The molecule has 1 unspecified atom stereocenters.